The molecule has 2 fully saturated rings. The number of hydrogen-bond acceptors (Lipinski definition) is 3. The summed E-state index contributed by atoms with van der Waals surface area (Å²) in [7, 11) is 0. The fraction of sp³-hybridized carbons (Fsp3) is 0.696. The summed E-state index contributed by atoms with van der Waals surface area (Å²) < 4.78 is 0. The molecule has 0 unspecified atom stereocenters. The highest BCUT2D eigenvalue weighted by Crippen LogP contribution is 2.30. The zero-order valence-corrected chi connectivity index (χ0v) is 16.3. The Kier molecular flexibility index (Phi) is 8.00. The van der Waals surface area contributed by atoms with Gasteiger partial charge in [0.2, 0.25) is 0 Å². The molecule has 1 heterocycles. The molecule has 1 aliphatic heterocycles. The fourth-order valence-electron chi connectivity index (χ4n) is 4.82. The number of rotatable bonds is 2. The first kappa shape index (κ1) is 19.4. The van der Waals surface area contributed by atoms with Gasteiger partial charge in [-0.3, -0.25) is 4.90 Å². The van der Waals surface area contributed by atoms with Crippen molar-refractivity contribution in [2.24, 2.45) is 5.16 Å². The van der Waals surface area contributed by atoms with Crippen LogP contribution in [0.25, 0.3) is 0 Å². The minimum absolute atomic E-state index is 0.358. The summed E-state index contributed by atoms with van der Waals surface area (Å²) in [6.07, 6.45) is 15.1. The van der Waals surface area contributed by atoms with Crippen LogP contribution in [0.5, 0.6) is 0 Å². The molecular weight excluding hydrogens is 320 g/mol. The largest absolute Gasteiger partial charge is 0.411 e. The third kappa shape index (κ3) is 5.57. The molecule has 1 atom stereocenters. The molecule has 0 amide bonds. The van der Waals surface area contributed by atoms with E-state index in [2.05, 4.69) is 40.4 Å². The van der Waals surface area contributed by atoms with Gasteiger partial charge in [0.05, 0.1) is 11.8 Å². The molecular formula is C23H36N2O. The van der Waals surface area contributed by atoms with Gasteiger partial charge in [-0.05, 0) is 56.7 Å². The first-order valence-corrected chi connectivity index (χ1v) is 10.9. The van der Waals surface area contributed by atoms with Crippen LogP contribution in [0.3, 0.4) is 0 Å². The molecule has 3 heteroatoms. The average molecular weight is 357 g/mol. The lowest BCUT2D eigenvalue weighted by Crippen LogP contribution is -2.45. The number of likely N-dealkylation sites (tertiary alicyclic amines) is 1. The predicted molar refractivity (Wildman–Crippen MR) is 109 cm³/mol. The molecule has 3 rings (SSSR count). The van der Waals surface area contributed by atoms with Crippen LogP contribution in [0, 0.1) is 0 Å². The standard InChI is InChI=1S/C23H36N2O/c26-24-22-14-10-5-3-1-2-4-6-11-15-23(22)25-18-16-21(17-19-25)20-12-8-7-9-13-20/h7-9,12-13,21,23,26H,1-6,10-11,14-19H2/b24-22+/t23-/m1/s1. The number of benzene rings is 1. The van der Waals surface area contributed by atoms with E-state index in [0.717, 1.165) is 31.6 Å². The quantitative estimate of drug-likeness (QED) is 0.522. The summed E-state index contributed by atoms with van der Waals surface area (Å²) in [4.78, 5) is 2.61. The normalized spacial score (nSPS) is 26.9. The van der Waals surface area contributed by atoms with E-state index in [-0.39, 0.29) is 0 Å². The maximum atomic E-state index is 9.69. The second kappa shape index (κ2) is 10.7. The number of nitrogens with zero attached hydrogens (tertiary/aromatic N) is 2. The average Bonchev–Trinajstić information content (AvgIpc) is 2.69. The first-order chi connectivity index (χ1) is 12.9. The molecule has 1 aliphatic carbocycles. The Morgan fingerprint density at radius 1 is 0.769 bits per heavy atom. The Morgan fingerprint density at radius 2 is 1.38 bits per heavy atom. The van der Waals surface area contributed by atoms with Crippen LogP contribution in [0.2, 0.25) is 0 Å². The van der Waals surface area contributed by atoms with Gasteiger partial charge in [-0.2, -0.15) is 0 Å². The zero-order chi connectivity index (χ0) is 18.0. The van der Waals surface area contributed by atoms with Gasteiger partial charge in [-0.25, -0.2) is 0 Å². The molecule has 1 saturated carbocycles. The van der Waals surface area contributed by atoms with Crippen molar-refractivity contribution in [1.82, 2.24) is 4.90 Å². The summed E-state index contributed by atoms with van der Waals surface area (Å²) in [5, 5.41) is 13.5. The van der Waals surface area contributed by atoms with Crippen molar-refractivity contribution in [3.05, 3.63) is 35.9 Å². The van der Waals surface area contributed by atoms with Crippen LogP contribution in [-0.4, -0.2) is 35.0 Å². The van der Waals surface area contributed by atoms with Gasteiger partial charge in [0.1, 0.15) is 0 Å². The lowest BCUT2D eigenvalue weighted by molar-refractivity contribution is 0.173. The van der Waals surface area contributed by atoms with Crippen molar-refractivity contribution in [2.75, 3.05) is 13.1 Å². The van der Waals surface area contributed by atoms with Crippen LogP contribution < -0.4 is 0 Å². The molecule has 144 valence electrons. The molecule has 1 saturated heterocycles. The van der Waals surface area contributed by atoms with Gasteiger partial charge in [0, 0.05) is 0 Å². The topological polar surface area (TPSA) is 35.8 Å². The van der Waals surface area contributed by atoms with E-state index >= 15 is 0 Å². The van der Waals surface area contributed by atoms with Crippen LogP contribution in [-0.2, 0) is 0 Å². The molecule has 2 aliphatic rings. The number of oxime groups is 1. The molecule has 0 spiro atoms. The SMILES string of the molecule is O/N=C1\CCCCCCCCCC[C@H]1N1CCC(c2ccccc2)CC1. The van der Waals surface area contributed by atoms with E-state index in [4.69, 9.17) is 0 Å². The highest BCUT2D eigenvalue weighted by Gasteiger charge is 2.28. The molecule has 26 heavy (non-hydrogen) atoms. The Hall–Kier alpha value is -1.35. The van der Waals surface area contributed by atoms with E-state index in [1.54, 1.807) is 0 Å². The second-order valence-electron chi connectivity index (χ2n) is 8.20. The van der Waals surface area contributed by atoms with Crippen molar-refractivity contribution in [3.8, 4) is 0 Å². The molecule has 0 radical (unpaired) electrons. The molecule has 1 aromatic carbocycles. The lowest BCUT2D eigenvalue weighted by atomic mass is 9.87. The van der Waals surface area contributed by atoms with E-state index in [1.165, 1.54) is 69.8 Å². The Morgan fingerprint density at radius 3 is 2.04 bits per heavy atom. The van der Waals surface area contributed by atoms with Crippen molar-refractivity contribution in [1.29, 1.82) is 0 Å². The predicted octanol–water partition coefficient (Wildman–Crippen LogP) is 5.98. The van der Waals surface area contributed by atoms with Crippen molar-refractivity contribution in [2.45, 2.75) is 89.0 Å². The summed E-state index contributed by atoms with van der Waals surface area (Å²) in [6.45, 7) is 2.26. The van der Waals surface area contributed by atoms with Gasteiger partial charge in [0.25, 0.3) is 0 Å². The Bertz CT molecular complexity index is 534. The zero-order valence-electron chi connectivity index (χ0n) is 16.3. The van der Waals surface area contributed by atoms with Gasteiger partial charge in [0.15, 0.2) is 0 Å². The Labute approximate surface area is 159 Å². The third-order valence-electron chi connectivity index (χ3n) is 6.41. The maximum Gasteiger partial charge on any atom is 0.0742 e. The fourth-order valence-corrected chi connectivity index (χ4v) is 4.82. The van der Waals surface area contributed by atoms with E-state index in [1.807, 2.05) is 0 Å². The van der Waals surface area contributed by atoms with Crippen molar-refractivity contribution in [3.63, 3.8) is 0 Å². The second-order valence-corrected chi connectivity index (χ2v) is 8.20. The monoisotopic (exact) mass is 356 g/mol. The smallest absolute Gasteiger partial charge is 0.0742 e. The van der Waals surface area contributed by atoms with Crippen molar-refractivity contribution >= 4 is 5.71 Å². The molecule has 0 bridgehead atoms. The summed E-state index contributed by atoms with van der Waals surface area (Å²) >= 11 is 0. The molecule has 1 aromatic rings. The summed E-state index contributed by atoms with van der Waals surface area (Å²) in [6, 6.07) is 11.3. The van der Waals surface area contributed by atoms with Crippen LogP contribution in [0.4, 0.5) is 0 Å². The highest BCUT2D eigenvalue weighted by atomic mass is 16.4. The van der Waals surface area contributed by atoms with E-state index in [9.17, 15) is 5.21 Å². The van der Waals surface area contributed by atoms with Crippen LogP contribution in [0.1, 0.15) is 88.5 Å². The lowest BCUT2D eigenvalue weighted by Gasteiger charge is -2.38. The molecule has 1 N–H and O–H groups in total. The third-order valence-corrected chi connectivity index (χ3v) is 6.41. The van der Waals surface area contributed by atoms with Gasteiger partial charge in [-0.1, -0.05) is 80.4 Å². The number of hydrogen-bond donors (Lipinski definition) is 1. The number of piperidine rings is 1. The van der Waals surface area contributed by atoms with E-state index in [0.29, 0.717) is 12.0 Å². The minimum Gasteiger partial charge on any atom is -0.411 e. The van der Waals surface area contributed by atoms with Crippen LogP contribution >= 0.6 is 0 Å². The van der Waals surface area contributed by atoms with Gasteiger partial charge >= 0.3 is 0 Å². The van der Waals surface area contributed by atoms with E-state index < -0.39 is 0 Å². The van der Waals surface area contributed by atoms with Gasteiger partial charge < -0.3 is 5.21 Å². The van der Waals surface area contributed by atoms with Gasteiger partial charge in [-0.15, -0.1) is 0 Å². The minimum atomic E-state index is 0.358. The Balaban J connectivity index is 1.60. The van der Waals surface area contributed by atoms with Crippen LogP contribution in [0.15, 0.2) is 35.5 Å². The highest BCUT2D eigenvalue weighted by molar-refractivity contribution is 5.89. The maximum absolute atomic E-state index is 9.69. The summed E-state index contributed by atoms with van der Waals surface area (Å²) in [5.74, 6) is 0.688. The molecule has 3 nitrogen and oxygen atoms in total. The first-order valence-electron chi connectivity index (χ1n) is 10.9. The summed E-state index contributed by atoms with van der Waals surface area (Å²) in [5.41, 5.74) is 2.53. The van der Waals surface area contributed by atoms with Crippen molar-refractivity contribution < 1.29 is 5.21 Å². The molecule has 0 aromatic heterocycles.